The van der Waals surface area contributed by atoms with Crippen LogP contribution in [-0.4, -0.2) is 16.4 Å². The monoisotopic (exact) mass is 362 g/mol. The van der Waals surface area contributed by atoms with Gasteiger partial charge >= 0.3 is 0 Å². The quantitative estimate of drug-likeness (QED) is 0.389. The van der Waals surface area contributed by atoms with Crippen LogP contribution in [0.1, 0.15) is 41.3 Å². The fourth-order valence-electron chi connectivity index (χ4n) is 3.57. The van der Waals surface area contributed by atoms with Gasteiger partial charge in [0.15, 0.2) is 0 Å². The van der Waals surface area contributed by atoms with Gasteiger partial charge in [-0.2, -0.15) is 0 Å². The Hall–Kier alpha value is -3.08. The molecule has 1 aromatic heterocycles. The van der Waals surface area contributed by atoms with Gasteiger partial charge in [0, 0.05) is 11.5 Å². The SMILES string of the molecule is Cc1oc(-c2ccccc2)nc1COc1ccc2c(c1)CCCC2/C=N/O. The molecule has 2 aromatic carbocycles. The number of aromatic nitrogens is 1. The Morgan fingerprint density at radius 1 is 1.26 bits per heavy atom. The Balaban J connectivity index is 1.49. The smallest absolute Gasteiger partial charge is 0.226 e. The average Bonchev–Trinajstić information content (AvgIpc) is 3.08. The van der Waals surface area contributed by atoms with E-state index in [0.717, 1.165) is 42.0 Å². The second kappa shape index (κ2) is 7.66. The van der Waals surface area contributed by atoms with Crippen LogP contribution >= 0.6 is 0 Å². The second-order valence-corrected chi connectivity index (χ2v) is 6.80. The van der Waals surface area contributed by atoms with E-state index in [4.69, 9.17) is 14.4 Å². The average molecular weight is 362 g/mol. The van der Waals surface area contributed by atoms with Gasteiger partial charge in [-0.15, -0.1) is 5.16 Å². The van der Waals surface area contributed by atoms with Gasteiger partial charge in [0.1, 0.15) is 23.8 Å². The maximum Gasteiger partial charge on any atom is 0.226 e. The van der Waals surface area contributed by atoms with Crippen molar-refractivity contribution in [1.29, 1.82) is 0 Å². The third kappa shape index (κ3) is 3.72. The highest BCUT2D eigenvalue weighted by Crippen LogP contribution is 2.33. The van der Waals surface area contributed by atoms with Crippen LogP contribution in [0.4, 0.5) is 0 Å². The molecule has 0 fully saturated rings. The summed E-state index contributed by atoms with van der Waals surface area (Å²) in [7, 11) is 0. The minimum atomic E-state index is 0.180. The maximum absolute atomic E-state index is 8.85. The highest BCUT2D eigenvalue weighted by Gasteiger charge is 2.19. The van der Waals surface area contributed by atoms with Gasteiger partial charge < -0.3 is 14.4 Å². The zero-order chi connectivity index (χ0) is 18.6. The number of oxime groups is 1. The fraction of sp³-hybridized carbons (Fsp3) is 0.273. The molecule has 1 heterocycles. The fourth-order valence-corrected chi connectivity index (χ4v) is 3.57. The zero-order valence-corrected chi connectivity index (χ0v) is 15.3. The number of oxazole rings is 1. The summed E-state index contributed by atoms with van der Waals surface area (Å²) in [6.07, 6.45) is 4.72. The third-order valence-electron chi connectivity index (χ3n) is 5.01. The first-order valence-electron chi connectivity index (χ1n) is 9.19. The Labute approximate surface area is 158 Å². The Morgan fingerprint density at radius 3 is 2.93 bits per heavy atom. The summed E-state index contributed by atoms with van der Waals surface area (Å²) in [5.74, 6) is 2.38. The number of aryl methyl sites for hydroxylation is 2. The molecule has 5 nitrogen and oxygen atoms in total. The molecule has 1 aliphatic rings. The predicted octanol–water partition coefficient (Wildman–Crippen LogP) is 5.11. The molecule has 1 unspecified atom stereocenters. The van der Waals surface area contributed by atoms with E-state index in [-0.39, 0.29) is 5.92 Å². The van der Waals surface area contributed by atoms with E-state index >= 15 is 0 Å². The Bertz CT molecular complexity index is 947. The van der Waals surface area contributed by atoms with Gasteiger partial charge in [-0.1, -0.05) is 24.3 Å². The van der Waals surface area contributed by atoms with Crippen LogP contribution in [0.3, 0.4) is 0 Å². The van der Waals surface area contributed by atoms with Crippen LogP contribution in [0, 0.1) is 6.92 Å². The molecule has 5 heteroatoms. The first-order chi connectivity index (χ1) is 13.2. The van der Waals surface area contributed by atoms with Gasteiger partial charge in [0.2, 0.25) is 5.89 Å². The third-order valence-corrected chi connectivity index (χ3v) is 5.01. The number of fused-ring (bicyclic) bond motifs is 1. The second-order valence-electron chi connectivity index (χ2n) is 6.80. The minimum Gasteiger partial charge on any atom is -0.487 e. The highest BCUT2D eigenvalue weighted by atomic mass is 16.5. The van der Waals surface area contributed by atoms with E-state index in [9.17, 15) is 0 Å². The molecular weight excluding hydrogens is 340 g/mol. The van der Waals surface area contributed by atoms with Crippen LogP contribution in [0.25, 0.3) is 11.5 Å². The number of hydrogen-bond acceptors (Lipinski definition) is 5. The molecule has 0 bridgehead atoms. The Kier molecular flexibility index (Phi) is 4.92. The molecule has 3 aromatic rings. The molecule has 0 saturated carbocycles. The number of nitrogens with zero attached hydrogens (tertiary/aromatic N) is 2. The number of rotatable bonds is 5. The summed E-state index contributed by atoms with van der Waals surface area (Å²) >= 11 is 0. The lowest BCUT2D eigenvalue weighted by molar-refractivity contribution is 0.299. The molecule has 0 aliphatic heterocycles. The molecule has 138 valence electrons. The molecular formula is C22H22N2O3. The summed E-state index contributed by atoms with van der Waals surface area (Å²) < 4.78 is 11.8. The van der Waals surface area contributed by atoms with Crippen molar-refractivity contribution in [3.8, 4) is 17.2 Å². The first-order valence-corrected chi connectivity index (χ1v) is 9.19. The van der Waals surface area contributed by atoms with Gasteiger partial charge in [-0.25, -0.2) is 4.98 Å². The summed E-state index contributed by atoms with van der Waals surface area (Å²) in [5, 5.41) is 12.1. The molecule has 0 spiro atoms. The zero-order valence-electron chi connectivity index (χ0n) is 15.3. The molecule has 0 saturated heterocycles. The largest absolute Gasteiger partial charge is 0.487 e. The lowest BCUT2D eigenvalue weighted by Gasteiger charge is -2.22. The van der Waals surface area contributed by atoms with Crippen LogP contribution in [-0.2, 0) is 13.0 Å². The topological polar surface area (TPSA) is 67.9 Å². The standard InChI is InChI=1S/C22H22N2O3/c1-15-21(24-22(27-15)16-6-3-2-4-7-16)14-26-19-10-11-20-17(12-19)8-5-9-18(20)13-23-25/h2-4,6-7,10-13,18,25H,5,8-9,14H2,1H3/b23-13+. The maximum atomic E-state index is 8.85. The first kappa shape index (κ1) is 17.3. The van der Waals surface area contributed by atoms with E-state index in [1.165, 1.54) is 11.1 Å². The van der Waals surface area contributed by atoms with E-state index in [2.05, 4.69) is 22.3 Å². The van der Waals surface area contributed by atoms with Crippen molar-refractivity contribution in [2.45, 2.75) is 38.7 Å². The lowest BCUT2D eigenvalue weighted by Crippen LogP contribution is -2.11. The summed E-state index contributed by atoms with van der Waals surface area (Å²) in [6, 6.07) is 16.0. The number of hydrogen-bond donors (Lipinski definition) is 1. The van der Waals surface area contributed by atoms with Gasteiger partial charge in [-0.05, 0) is 61.6 Å². The van der Waals surface area contributed by atoms with Crippen molar-refractivity contribution >= 4 is 6.21 Å². The van der Waals surface area contributed by atoms with Crippen LogP contribution in [0.5, 0.6) is 5.75 Å². The van der Waals surface area contributed by atoms with E-state index < -0.39 is 0 Å². The van der Waals surface area contributed by atoms with Crippen molar-refractivity contribution in [2.24, 2.45) is 5.16 Å². The van der Waals surface area contributed by atoms with Gasteiger partial charge in [0.05, 0.1) is 6.21 Å². The molecule has 1 aliphatic carbocycles. The molecule has 0 amide bonds. The van der Waals surface area contributed by atoms with Crippen molar-refractivity contribution in [2.75, 3.05) is 0 Å². The normalized spacial score (nSPS) is 16.4. The van der Waals surface area contributed by atoms with E-state index in [1.54, 1.807) is 6.21 Å². The highest BCUT2D eigenvalue weighted by molar-refractivity contribution is 5.69. The molecule has 0 radical (unpaired) electrons. The summed E-state index contributed by atoms with van der Waals surface area (Å²) in [6.45, 7) is 2.27. The predicted molar refractivity (Wildman–Crippen MR) is 103 cm³/mol. The lowest BCUT2D eigenvalue weighted by atomic mass is 9.83. The van der Waals surface area contributed by atoms with Crippen LogP contribution in [0.2, 0.25) is 0 Å². The molecule has 1 atom stereocenters. The summed E-state index contributed by atoms with van der Waals surface area (Å²) in [4.78, 5) is 4.58. The van der Waals surface area contributed by atoms with Crippen LogP contribution in [0.15, 0.2) is 58.1 Å². The Morgan fingerprint density at radius 2 is 2.11 bits per heavy atom. The van der Waals surface area contributed by atoms with Crippen molar-refractivity contribution in [3.05, 3.63) is 71.1 Å². The summed E-state index contributed by atoms with van der Waals surface area (Å²) in [5.41, 5.74) is 4.23. The van der Waals surface area contributed by atoms with Crippen molar-refractivity contribution in [3.63, 3.8) is 0 Å². The van der Waals surface area contributed by atoms with Gasteiger partial charge in [0.25, 0.3) is 0 Å². The molecule has 4 rings (SSSR count). The van der Waals surface area contributed by atoms with Crippen LogP contribution < -0.4 is 4.74 Å². The minimum absolute atomic E-state index is 0.180. The van der Waals surface area contributed by atoms with Crippen molar-refractivity contribution < 1.29 is 14.4 Å². The molecule has 27 heavy (non-hydrogen) atoms. The van der Waals surface area contributed by atoms with E-state index in [0.29, 0.717) is 12.5 Å². The molecule has 1 N–H and O–H groups in total. The number of benzene rings is 2. The van der Waals surface area contributed by atoms with Gasteiger partial charge in [-0.3, -0.25) is 0 Å². The van der Waals surface area contributed by atoms with Crippen molar-refractivity contribution in [1.82, 2.24) is 4.98 Å². The number of ether oxygens (including phenoxy) is 1. The van der Waals surface area contributed by atoms with E-state index in [1.807, 2.05) is 43.3 Å².